The first-order valence-electron chi connectivity index (χ1n) is 8.40. The van der Waals surface area contributed by atoms with Crippen molar-refractivity contribution in [3.05, 3.63) is 73.2 Å². The number of nitrogens with zero attached hydrogens (tertiary/aromatic N) is 3. The van der Waals surface area contributed by atoms with Crippen LogP contribution in [-0.2, 0) is 4.57 Å². The Labute approximate surface area is 213 Å². The summed E-state index contributed by atoms with van der Waals surface area (Å²) in [7, 11) is -1.00. The molecule has 0 amide bonds. The summed E-state index contributed by atoms with van der Waals surface area (Å²) in [6.07, 6.45) is 2.81. The van der Waals surface area contributed by atoms with Crippen molar-refractivity contribution in [3.63, 3.8) is 0 Å². The van der Waals surface area contributed by atoms with E-state index in [1.807, 2.05) is 36.4 Å². The van der Waals surface area contributed by atoms with Crippen molar-refractivity contribution in [2.45, 2.75) is 0 Å². The Balaban J connectivity index is 0.000000243. The number of benzene rings is 2. The first-order chi connectivity index (χ1) is 14.9. The maximum atomic E-state index is 10.9. The van der Waals surface area contributed by atoms with Crippen LogP contribution in [0.15, 0.2) is 62.5 Å². The quantitative estimate of drug-likeness (QED) is 0.193. The van der Waals surface area contributed by atoms with Crippen LogP contribution < -0.4 is 5.56 Å². The Hall–Kier alpha value is -0.800. The predicted molar refractivity (Wildman–Crippen MR) is 135 cm³/mol. The molecule has 1 N–H and O–H groups in total. The van der Waals surface area contributed by atoms with Crippen LogP contribution in [0.2, 0.25) is 5.15 Å². The molecule has 6 nitrogen and oxygen atoms in total. The molecule has 0 bridgehead atoms. The molecule has 0 atom stereocenters. The average Bonchev–Trinajstić information content (AvgIpc) is 2.67. The van der Waals surface area contributed by atoms with E-state index in [1.165, 1.54) is 12.4 Å². The minimum atomic E-state index is -3.22. The SMILES string of the molecule is Clc1cnc2ccc(Br)cc2n1.O=P(Cl)(Cl)Cl.O=c1cnc2ccc(Br)cc2[nH]1.[2H]CF. The van der Waals surface area contributed by atoms with Gasteiger partial charge in [-0.25, -0.2) is 9.97 Å². The molecule has 0 saturated heterocycles. The van der Waals surface area contributed by atoms with Crippen LogP contribution in [0.1, 0.15) is 1.37 Å². The molecule has 4 aromatic rings. The lowest BCUT2D eigenvalue weighted by Crippen LogP contribution is -2.04. The zero-order chi connectivity index (χ0) is 24.3. The predicted octanol–water partition coefficient (Wildman–Crippen LogP) is 8.13. The van der Waals surface area contributed by atoms with Crippen molar-refractivity contribution in [3.8, 4) is 0 Å². The van der Waals surface area contributed by atoms with Crippen molar-refractivity contribution in [2.75, 3.05) is 7.15 Å². The Morgan fingerprint density at radius 1 is 1.00 bits per heavy atom. The molecular formula is C17H12Br2Cl4FN4O2P. The van der Waals surface area contributed by atoms with E-state index in [2.05, 4.69) is 85.5 Å². The number of H-pyrrole nitrogens is 1. The Morgan fingerprint density at radius 2 is 1.52 bits per heavy atom. The highest BCUT2D eigenvalue weighted by Gasteiger charge is 2.03. The van der Waals surface area contributed by atoms with Gasteiger partial charge in [0.1, 0.15) is 5.15 Å². The second-order valence-electron chi connectivity index (χ2n) is 5.13. The molecule has 14 heteroatoms. The highest BCUT2D eigenvalue weighted by Crippen LogP contribution is 2.61. The fourth-order valence-corrected chi connectivity index (χ4v) is 2.83. The summed E-state index contributed by atoms with van der Waals surface area (Å²) in [5, 5.41) is -2.80. The van der Waals surface area contributed by atoms with Crippen molar-refractivity contribution in [2.24, 2.45) is 0 Å². The third kappa shape index (κ3) is 11.6. The van der Waals surface area contributed by atoms with E-state index < -0.39 is 12.4 Å². The fourth-order valence-electron chi connectivity index (χ4n) is 1.98. The molecule has 2 aromatic heterocycles. The number of rotatable bonds is 0. The fraction of sp³-hybridized carbons (Fsp3) is 0.0588. The Kier molecular flexibility index (Phi) is 11.7. The van der Waals surface area contributed by atoms with Gasteiger partial charge >= 0.3 is 5.20 Å². The molecule has 0 aliphatic rings. The van der Waals surface area contributed by atoms with E-state index in [1.54, 1.807) is 0 Å². The van der Waals surface area contributed by atoms with Crippen LogP contribution >= 0.6 is 82.4 Å². The van der Waals surface area contributed by atoms with E-state index in [9.17, 15) is 13.8 Å². The topological polar surface area (TPSA) is 88.6 Å². The molecule has 0 spiro atoms. The number of hydrogen-bond donors (Lipinski definition) is 1. The first kappa shape index (κ1) is 26.5. The van der Waals surface area contributed by atoms with Crippen LogP contribution in [0.3, 0.4) is 0 Å². The summed E-state index contributed by atoms with van der Waals surface area (Å²) in [5.41, 5.74) is 3.01. The summed E-state index contributed by atoms with van der Waals surface area (Å²) >= 11 is 26.2. The van der Waals surface area contributed by atoms with E-state index in [0.29, 0.717) is 5.15 Å². The van der Waals surface area contributed by atoms with Gasteiger partial charge in [-0.15, -0.1) is 0 Å². The largest absolute Gasteiger partial charge is 0.339 e. The average molecular weight is 657 g/mol. The van der Waals surface area contributed by atoms with Gasteiger partial charge in [-0.3, -0.25) is 18.7 Å². The van der Waals surface area contributed by atoms with Crippen molar-refractivity contribution < 1.29 is 10.3 Å². The minimum absolute atomic E-state index is 0.180. The van der Waals surface area contributed by atoms with Crippen LogP contribution in [-0.4, -0.2) is 27.1 Å². The van der Waals surface area contributed by atoms with Crippen molar-refractivity contribution in [1.29, 1.82) is 0 Å². The normalized spacial score (nSPS) is 10.6. The molecule has 0 saturated carbocycles. The third-order valence-electron chi connectivity index (χ3n) is 3.01. The highest BCUT2D eigenvalue weighted by atomic mass is 79.9. The second-order valence-corrected chi connectivity index (χ2v) is 14.0. The zero-order valence-corrected chi connectivity index (χ0v) is 22.2. The molecule has 0 radical (unpaired) electrons. The highest BCUT2D eigenvalue weighted by molar-refractivity contribution is 9.10. The van der Waals surface area contributed by atoms with E-state index >= 15 is 0 Å². The summed E-state index contributed by atoms with van der Waals surface area (Å²) in [5.74, 6) is 0. The van der Waals surface area contributed by atoms with Crippen LogP contribution in [0, 0.1) is 0 Å². The molecule has 166 valence electrons. The van der Waals surface area contributed by atoms with Gasteiger partial charge in [-0.2, -0.15) is 0 Å². The van der Waals surface area contributed by atoms with Gasteiger partial charge in [-0.1, -0.05) is 43.5 Å². The lowest BCUT2D eigenvalue weighted by Gasteiger charge is -1.96. The number of hydrogen-bond acceptors (Lipinski definition) is 5. The number of nitrogens with one attached hydrogen (secondary N) is 1. The molecule has 0 unspecified atom stereocenters. The smallest absolute Gasteiger partial charge is 0.319 e. The maximum absolute atomic E-state index is 10.9. The molecule has 2 heterocycles. The molecule has 4 rings (SSSR count). The molecule has 0 aliphatic heterocycles. The van der Waals surface area contributed by atoms with Crippen molar-refractivity contribution >= 4 is 104 Å². The van der Waals surface area contributed by atoms with Gasteiger partial charge in [0.15, 0.2) is 0 Å². The summed E-state index contributed by atoms with van der Waals surface area (Å²) in [6, 6.07) is 11.2. The van der Waals surface area contributed by atoms with Gasteiger partial charge in [0, 0.05) is 8.95 Å². The van der Waals surface area contributed by atoms with Crippen molar-refractivity contribution in [1.82, 2.24) is 19.9 Å². The standard InChI is InChI=1S/C8H4BrClN2.C8H5BrN2O.CH3F.Cl3OP/c9-5-1-2-6-7(3-5)12-8(10)4-11-6;9-5-1-2-6-7(3-5)11-8(12)4-10-6;1-2;1-5(2,3)4/h1-4H;1-4H,(H,11,12);1H3;/i;;1D;. The zero-order valence-electron chi connectivity index (χ0n) is 16.1. The minimum Gasteiger partial charge on any atom is -0.319 e. The maximum Gasteiger partial charge on any atom is 0.339 e. The van der Waals surface area contributed by atoms with Gasteiger partial charge < -0.3 is 4.98 Å². The Morgan fingerprint density at radius 3 is 2.13 bits per heavy atom. The number of halogens is 7. The molecule has 0 aliphatic carbocycles. The molecular weight excluding hydrogens is 644 g/mol. The molecule has 2 aromatic carbocycles. The van der Waals surface area contributed by atoms with E-state index in [-0.39, 0.29) is 5.56 Å². The van der Waals surface area contributed by atoms with Gasteiger partial charge in [-0.05, 0) is 70.1 Å². The van der Waals surface area contributed by atoms with Gasteiger partial charge in [0.05, 0.1) is 43.0 Å². The van der Waals surface area contributed by atoms with Crippen LogP contribution in [0.5, 0.6) is 0 Å². The molecule has 0 fully saturated rings. The number of aromatic nitrogens is 4. The van der Waals surface area contributed by atoms with E-state index in [4.69, 9.17) is 13.0 Å². The lowest BCUT2D eigenvalue weighted by molar-refractivity contribution is 0.600. The second kappa shape index (κ2) is 13.7. The Bertz CT molecular complexity index is 1240. The molecule has 31 heavy (non-hydrogen) atoms. The summed E-state index contributed by atoms with van der Waals surface area (Å²) < 4.78 is 26.9. The van der Waals surface area contributed by atoms with Crippen LogP contribution in [0.25, 0.3) is 22.1 Å². The van der Waals surface area contributed by atoms with E-state index in [0.717, 1.165) is 31.0 Å². The first-order valence-corrected chi connectivity index (χ1v) is 14.1. The third-order valence-corrected chi connectivity index (χ3v) is 4.18. The number of fused-ring (bicyclic) bond motifs is 2. The number of alkyl halides is 1. The number of aromatic amines is 1. The summed E-state index contributed by atoms with van der Waals surface area (Å²) in [6.45, 7) is 0. The van der Waals surface area contributed by atoms with Gasteiger partial charge in [0.25, 0.3) is 5.56 Å². The van der Waals surface area contributed by atoms with Gasteiger partial charge in [0.2, 0.25) is 0 Å². The monoisotopic (exact) mass is 653 g/mol. The lowest BCUT2D eigenvalue weighted by atomic mass is 10.3. The summed E-state index contributed by atoms with van der Waals surface area (Å²) in [4.78, 5) is 25.7. The van der Waals surface area contributed by atoms with Crippen LogP contribution in [0.4, 0.5) is 4.39 Å².